The Hall–Kier alpha value is -1.29. The molecule has 1 fully saturated rings. The van der Waals surface area contributed by atoms with Gasteiger partial charge in [-0.3, -0.25) is 4.79 Å². The van der Waals surface area contributed by atoms with Crippen molar-refractivity contribution in [1.29, 1.82) is 0 Å². The minimum atomic E-state index is 0.0690. The lowest BCUT2D eigenvalue weighted by Gasteiger charge is -2.03. The predicted octanol–water partition coefficient (Wildman–Crippen LogP) is 1.04. The first-order chi connectivity index (χ1) is 7.34. The van der Waals surface area contributed by atoms with Gasteiger partial charge < -0.3 is 15.1 Å². The number of carbonyl (C=O) groups is 1. The van der Waals surface area contributed by atoms with Crippen molar-refractivity contribution in [3.05, 3.63) is 24.2 Å². The molecule has 15 heavy (non-hydrogen) atoms. The molecule has 0 saturated heterocycles. The Balaban J connectivity index is 1.55. The van der Waals surface area contributed by atoms with Crippen molar-refractivity contribution < 1.29 is 9.21 Å². The van der Waals surface area contributed by atoms with Crippen LogP contribution < -0.4 is 10.6 Å². The van der Waals surface area contributed by atoms with E-state index in [1.165, 1.54) is 12.8 Å². The molecule has 0 bridgehead atoms. The fourth-order valence-electron chi connectivity index (χ4n) is 1.36. The average molecular weight is 208 g/mol. The molecule has 2 N–H and O–H groups in total. The zero-order valence-electron chi connectivity index (χ0n) is 8.66. The first-order valence-corrected chi connectivity index (χ1v) is 5.37. The van der Waals surface area contributed by atoms with Crippen LogP contribution in [0, 0.1) is 0 Å². The van der Waals surface area contributed by atoms with Crippen LogP contribution >= 0.6 is 0 Å². The molecule has 1 aromatic rings. The van der Waals surface area contributed by atoms with Gasteiger partial charge in [0.15, 0.2) is 0 Å². The van der Waals surface area contributed by atoms with Gasteiger partial charge in [-0.2, -0.15) is 0 Å². The van der Waals surface area contributed by atoms with E-state index in [-0.39, 0.29) is 5.91 Å². The Kier molecular flexibility index (Phi) is 3.40. The maximum atomic E-state index is 11.3. The standard InChI is InChI=1S/C11H16N2O2/c14-11(5-6-12-9-3-4-9)13-8-10-2-1-7-15-10/h1-2,7,9,12H,3-6,8H2,(H,13,14). The second-order valence-corrected chi connectivity index (χ2v) is 3.83. The van der Waals surface area contributed by atoms with E-state index < -0.39 is 0 Å². The van der Waals surface area contributed by atoms with Gasteiger partial charge in [0.25, 0.3) is 0 Å². The van der Waals surface area contributed by atoms with Gasteiger partial charge in [0, 0.05) is 19.0 Å². The average Bonchev–Trinajstić information content (AvgIpc) is 2.91. The number of carbonyl (C=O) groups excluding carboxylic acids is 1. The van der Waals surface area contributed by atoms with E-state index in [0.717, 1.165) is 12.3 Å². The normalized spacial score (nSPS) is 15.2. The zero-order chi connectivity index (χ0) is 10.5. The maximum Gasteiger partial charge on any atom is 0.221 e. The maximum absolute atomic E-state index is 11.3. The Morgan fingerprint density at radius 3 is 3.07 bits per heavy atom. The van der Waals surface area contributed by atoms with Gasteiger partial charge in [-0.25, -0.2) is 0 Å². The van der Waals surface area contributed by atoms with Crippen LogP contribution in [0.3, 0.4) is 0 Å². The van der Waals surface area contributed by atoms with E-state index in [1.54, 1.807) is 6.26 Å². The van der Waals surface area contributed by atoms with E-state index in [0.29, 0.717) is 19.0 Å². The highest BCUT2D eigenvalue weighted by atomic mass is 16.3. The van der Waals surface area contributed by atoms with Gasteiger partial charge in [0.1, 0.15) is 5.76 Å². The summed E-state index contributed by atoms with van der Waals surface area (Å²) in [5.74, 6) is 0.859. The molecule has 1 amide bonds. The minimum absolute atomic E-state index is 0.0690. The topological polar surface area (TPSA) is 54.3 Å². The molecule has 1 aromatic heterocycles. The van der Waals surface area contributed by atoms with E-state index in [2.05, 4.69) is 10.6 Å². The van der Waals surface area contributed by atoms with Crippen molar-refractivity contribution in [3.63, 3.8) is 0 Å². The van der Waals surface area contributed by atoms with Crippen LogP contribution in [-0.4, -0.2) is 18.5 Å². The molecule has 4 heteroatoms. The van der Waals surface area contributed by atoms with Crippen molar-refractivity contribution >= 4 is 5.91 Å². The molecular formula is C11H16N2O2. The lowest BCUT2D eigenvalue weighted by Crippen LogP contribution is -2.27. The summed E-state index contributed by atoms with van der Waals surface area (Å²) >= 11 is 0. The number of nitrogens with one attached hydrogen (secondary N) is 2. The summed E-state index contributed by atoms with van der Waals surface area (Å²) < 4.78 is 5.11. The lowest BCUT2D eigenvalue weighted by atomic mass is 10.3. The molecule has 82 valence electrons. The molecule has 0 atom stereocenters. The van der Waals surface area contributed by atoms with E-state index in [1.807, 2.05) is 12.1 Å². The van der Waals surface area contributed by atoms with Gasteiger partial charge in [-0.1, -0.05) is 0 Å². The van der Waals surface area contributed by atoms with Crippen LogP contribution in [0.1, 0.15) is 25.0 Å². The first kappa shape index (κ1) is 10.2. The molecule has 2 rings (SSSR count). The van der Waals surface area contributed by atoms with Crippen LogP contribution in [0.15, 0.2) is 22.8 Å². The highest BCUT2D eigenvalue weighted by molar-refractivity contribution is 5.75. The molecule has 1 saturated carbocycles. The van der Waals surface area contributed by atoms with Gasteiger partial charge in [-0.15, -0.1) is 0 Å². The van der Waals surface area contributed by atoms with Crippen LogP contribution in [0.5, 0.6) is 0 Å². The largest absolute Gasteiger partial charge is 0.467 e. The molecule has 1 aliphatic carbocycles. The van der Waals surface area contributed by atoms with Crippen LogP contribution in [-0.2, 0) is 11.3 Å². The first-order valence-electron chi connectivity index (χ1n) is 5.37. The summed E-state index contributed by atoms with van der Waals surface area (Å²) in [6.45, 7) is 1.25. The highest BCUT2D eigenvalue weighted by Crippen LogP contribution is 2.18. The summed E-state index contributed by atoms with van der Waals surface area (Å²) in [7, 11) is 0. The molecule has 1 heterocycles. The molecular weight excluding hydrogens is 192 g/mol. The third-order valence-electron chi connectivity index (χ3n) is 2.40. The van der Waals surface area contributed by atoms with Crippen molar-refractivity contribution in [2.24, 2.45) is 0 Å². The van der Waals surface area contributed by atoms with Crippen molar-refractivity contribution in [2.75, 3.05) is 6.54 Å². The van der Waals surface area contributed by atoms with E-state index >= 15 is 0 Å². The van der Waals surface area contributed by atoms with Crippen molar-refractivity contribution in [3.8, 4) is 0 Å². The smallest absolute Gasteiger partial charge is 0.221 e. The second kappa shape index (κ2) is 4.98. The molecule has 4 nitrogen and oxygen atoms in total. The summed E-state index contributed by atoms with van der Waals surface area (Å²) in [5, 5.41) is 6.10. The van der Waals surface area contributed by atoms with Gasteiger partial charge >= 0.3 is 0 Å². The van der Waals surface area contributed by atoms with Crippen molar-refractivity contribution in [2.45, 2.75) is 31.8 Å². The summed E-state index contributed by atoms with van der Waals surface area (Å²) in [4.78, 5) is 11.3. The summed E-state index contributed by atoms with van der Waals surface area (Å²) in [5.41, 5.74) is 0. The zero-order valence-corrected chi connectivity index (χ0v) is 8.66. The Morgan fingerprint density at radius 2 is 2.40 bits per heavy atom. The number of hydrogen-bond donors (Lipinski definition) is 2. The minimum Gasteiger partial charge on any atom is -0.467 e. The van der Waals surface area contributed by atoms with Gasteiger partial charge in [0.2, 0.25) is 5.91 Å². The molecule has 1 aliphatic rings. The highest BCUT2D eigenvalue weighted by Gasteiger charge is 2.19. The Bertz CT molecular complexity index is 304. The number of furan rings is 1. The quantitative estimate of drug-likeness (QED) is 0.734. The van der Waals surface area contributed by atoms with Gasteiger partial charge in [-0.05, 0) is 25.0 Å². The number of hydrogen-bond acceptors (Lipinski definition) is 3. The third kappa shape index (κ3) is 3.75. The lowest BCUT2D eigenvalue weighted by molar-refractivity contribution is -0.121. The molecule has 0 spiro atoms. The molecule has 0 aliphatic heterocycles. The van der Waals surface area contributed by atoms with Gasteiger partial charge in [0.05, 0.1) is 12.8 Å². The molecule has 0 unspecified atom stereocenters. The summed E-state index contributed by atoms with van der Waals surface area (Å²) in [6.07, 6.45) is 4.66. The van der Waals surface area contributed by atoms with Crippen LogP contribution in [0.2, 0.25) is 0 Å². The number of amides is 1. The van der Waals surface area contributed by atoms with Crippen molar-refractivity contribution in [1.82, 2.24) is 10.6 Å². The summed E-state index contributed by atoms with van der Waals surface area (Å²) in [6, 6.07) is 4.33. The number of rotatable bonds is 6. The third-order valence-corrected chi connectivity index (χ3v) is 2.40. The predicted molar refractivity (Wildman–Crippen MR) is 56.2 cm³/mol. The Morgan fingerprint density at radius 1 is 1.53 bits per heavy atom. The molecule has 0 radical (unpaired) electrons. The van der Waals surface area contributed by atoms with E-state index in [9.17, 15) is 4.79 Å². The molecule has 0 aromatic carbocycles. The Labute approximate surface area is 89.0 Å². The second-order valence-electron chi connectivity index (χ2n) is 3.83. The van der Waals surface area contributed by atoms with E-state index in [4.69, 9.17) is 4.42 Å². The monoisotopic (exact) mass is 208 g/mol. The van der Waals surface area contributed by atoms with Crippen LogP contribution in [0.4, 0.5) is 0 Å². The van der Waals surface area contributed by atoms with Crippen LogP contribution in [0.25, 0.3) is 0 Å². The SMILES string of the molecule is O=C(CCNC1CC1)NCc1ccco1. The fraction of sp³-hybridized carbons (Fsp3) is 0.545. The fourth-order valence-corrected chi connectivity index (χ4v) is 1.36.